The molecule has 0 aliphatic heterocycles. The van der Waals surface area contributed by atoms with Crippen molar-refractivity contribution >= 4 is 15.9 Å². The standard InChI is InChI=1S/C13H11BrF2N2/c14-8-4-5-9(18-7-8)6-12(17)13-10(15)2-1-3-11(13)16/h1-5,7,12H,6,17H2. The second kappa shape index (κ2) is 5.54. The van der Waals surface area contributed by atoms with Gasteiger partial charge < -0.3 is 5.73 Å². The summed E-state index contributed by atoms with van der Waals surface area (Å²) >= 11 is 3.27. The fourth-order valence-electron chi connectivity index (χ4n) is 1.72. The van der Waals surface area contributed by atoms with Gasteiger partial charge in [-0.2, -0.15) is 0 Å². The van der Waals surface area contributed by atoms with Gasteiger partial charge in [-0.15, -0.1) is 0 Å². The van der Waals surface area contributed by atoms with E-state index >= 15 is 0 Å². The first-order valence-corrected chi connectivity index (χ1v) is 6.17. The van der Waals surface area contributed by atoms with Gasteiger partial charge >= 0.3 is 0 Å². The Hall–Kier alpha value is -1.33. The maximum Gasteiger partial charge on any atom is 0.130 e. The topological polar surface area (TPSA) is 38.9 Å². The molecular weight excluding hydrogens is 302 g/mol. The highest BCUT2D eigenvalue weighted by molar-refractivity contribution is 9.10. The maximum absolute atomic E-state index is 13.5. The highest BCUT2D eigenvalue weighted by Crippen LogP contribution is 2.22. The van der Waals surface area contributed by atoms with E-state index in [0.29, 0.717) is 5.69 Å². The Morgan fingerprint density at radius 3 is 2.39 bits per heavy atom. The molecule has 94 valence electrons. The predicted octanol–water partition coefficient (Wildman–Crippen LogP) is 3.36. The zero-order valence-electron chi connectivity index (χ0n) is 9.41. The third-order valence-electron chi connectivity index (χ3n) is 2.59. The zero-order valence-corrected chi connectivity index (χ0v) is 11.0. The number of pyridine rings is 1. The molecule has 1 unspecified atom stereocenters. The first-order valence-electron chi connectivity index (χ1n) is 5.38. The first kappa shape index (κ1) is 13.1. The molecule has 1 atom stereocenters. The van der Waals surface area contributed by atoms with Gasteiger partial charge in [0.1, 0.15) is 11.6 Å². The van der Waals surface area contributed by atoms with Crippen LogP contribution in [0.15, 0.2) is 41.0 Å². The molecule has 2 aromatic rings. The Bertz CT molecular complexity index is 523. The van der Waals surface area contributed by atoms with E-state index in [1.807, 2.05) is 6.07 Å². The van der Waals surface area contributed by atoms with Crippen molar-refractivity contribution in [1.29, 1.82) is 0 Å². The second-order valence-corrected chi connectivity index (χ2v) is 4.83. The summed E-state index contributed by atoms with van der Waals surface area (Å²) in [5, 5.41) is 0. The van der Waals surface area contributed by atoms with Gasteiger partial charge in [0.2, 0.25) is 0 Å². The van der Waals surface area contributed by atoms with Crippen molar-refractivity contribution < 1.29 is 8.78 Å². The van der Waals surface area contributed by atoms with E-state index in [4.69, 9.17) is 5.73 Å². The van der Waals surface area contributed by atoms with Crippen LogP contribution in [-0.4, -0.2) is 4.98 Å². The largest absolute Gasteiger partial charge is 0.323 e. The summed E-state index contributed by atoms with van der Waals surface area (Å²) in [6, 6.07) is 6.55. The number of rotatable bonds is 3. The molecular formula is C13H11BrF2N2. The average Bonchev–Trinajstić information content (AvgIpc) is 2.32. The summed E-state index contributed by atoms with van der Waals surface area (Å²) in [4.78, 5) is 4.13. The Balaban J connectivity index is 2.22. The summed E-state index contributed by atoms with van der Waals surface area (Å²) in [6.07, 6.45) is 1.91. The number of hydrogen-bond donors (Lipinski definition) is 1. The molecule has 0 amide bonds. The lowest BCUT2D eigenvalue weighted by Crippen LogP contribution is -2.17. The molecule has 0 aliphatic rings. The van der Waals surface area contributed by atoms with Gasteiger partial charge in [0, 0.05) is 34.4 Å². The van der Waals surface area contributed by atoms with Crippen LogP contribution >= 0.6 is 15.9 Å². The minimum Gasteiger partial charge on any atom is -0.323 e. The smallest absolute Gasteiger partial charge is 0.130 e. The average molecular weight is 313 g/mol. The molecule has 2 rings (SSSR count). The van der Waals surface area contributed by atoms with Gasteiger partial charge in [0.15, 0.2) is 0 Å². The number of nitrogens with zero attached hydrogens (tertiary/aromatic N) is 1. The number of halogens is 3. The third kappa shape index (κ3) is 2.91. The van der Waals surface area contributed by atoms with Crippen molar-refractivity contribution in [1.82, 2.24) is 4.98 Å². The summed E-state index contributed by atoms with van der Waals surface area (Å²) in [5.41, 5.74) is 6.43. The van der Waals surface area contributed by atoms with Crippen molar-refractivity contribution in [3.8, 4) is 0 Å². The van der Waals surface area contributed by atoms with Crippen LogP contribution in [0.25, 0.3) is 0 Å². The number of benzene rings is 1. The van der Waals surface area contributed by atoms with E-state index in [-0.39, 0.29) is 12.0 Å². The molecule has 5 heteroatoms. The van der Waals surface area contributed by atoms with E-state index in [9.17, 15) is 8.78 Å². The van der Waals surface area contributed by atoms with Crippen LogP contribution < -0.4 is 5.73 Å². The molecule has 1 aromatic carbocycles. The SMILES string of the molecule is NC(Cc1ccc(Br)cn1)c1c(F)cccc1F. The molecule has 1 aromatic heterocycles. The minimum atomic E-state index is -0.750. The van der Waals surface area contributed by atoms with E-state index in [1.165, 1.54) is 18.2 Å². The maximum atomic E-state index is 13.5. The third-order valence-corrected chi connectivity index (χ3v) is 3.06. The van der Waals surface area contributed by atoms with Crippen LogP contribution in [0.4, 0.5) is 8.78 Å². The molecule has 0 bridgehead atoms. The molecule has 0 spiro atoms. The van der Waals surface area contributed by atoms with Gasteiger partial charge in [-0.05, 0) is 40.2 Å². The Morgan fingerprint density at radius 1 is 1.17 bits per heavy atom. The molecule has 2 N–H and O–H groups in total. The van der Waals surface area contributed by atoms with E-state index < -0.39 is 17.7 Å². The lowest BCUT2D eigenvalue weighted by Gasteiger charge is -2.13. The lowest BCUT2D eigenvalue weighted by atomic mass is 10.0. The fraction of sp³-hybridized carbons (Fsp3) is 0.154. The van der Waals surface area contributed by atoms with Crippen LogP contribution in [0.3, 0.4) is 0 Å². The van der Waals surface area contributed by atoms with Crippen LogP contribution in [0, 0.1) is 11.6 Å². The highest BCUT2D eigenvalue weighted by atomic mass is 79.9. The van der Waals surface area contributed by atoms with E-state index in [1.54, 1.807) is 12.3 Å². The monoisotopic (exact) mass is 312 g/mol. The molecule has 0 aliphatic carbocycles. The fourth-order valence-corrected chi connectivity index (χ4v) is 1.95. The summed E-state index contributed by atoms with van der Waals surface area (Å²) in [5.74, 6) is -1.25. The van der Waals surface area contributed by atoms with Gasteiger partial charge in [-0.1, -0.05) is 6.07 Å². The number of aromatic nitrogens is 1. The molecule has 0 saturated carbocycles. The first-order chi connectivity index (χ1) is 8.58. The zero-order chi connectivity index (χ0) is 13.1. The van der Waals surface area contributed by atoms with Crippen LogP contribution in [0.5, 0.6) is 0 Å². The normalized spacial score (nSPS) is 12.4. The van der Waals surface area contributed by atoms with Crippen LogP contribution in [0.2, 0.25) is 0 Å². The number of nitrogens with two attached hydrogens (primary N) is 1. The van der Waals surface area contributed by atoms with Crippen molar-refractivity contribution in [3.63, 3.8) is 0 Å². The molecule has 0 fully saturated rings. The van der Waals surface area contributed by atoms with Crippen LogP contribution in [0.1, 0.15) is 17.3 Å². The molecule has 1 heterocycles. The minimum absolute atomic E-state index is 0.0952. The molecule has 0 radical (unpaired) electrons. The van der Waals surface area contributed by atoms with Crippen LogP contribution in [-0.2, 0) is 6.42 Å². The molecule has 0 saturated heterocycles. The summed E-state index contributed by atoms with van der Waals surface area (Å²) in [7, 11) is 0. The van der Waals surface area contributed by atoms with Gasteiger partial charge in [0.05, 0.1) is 0 Å². The molecule has 18 heavy (non-hydrogen) atoms. The van der Waals surface area contributed by atoms with Gasteiger partial charge in [-0.25, -0.2) is 8.78 Å². The predicted molar refractivity (Wildman–Crippen MR) is 68.9 cm³/mol. The summed E-state index contributed by atoms with van der Waals surface area (Å²) in [6.45, 7) is 0. The van der Waals surface area contributed by atoms with E-state index in [2.05, 4.69) is 20.9 Å². The van der Waals surface area contributed by atoms with Crippen molar-refractivity contribution in [2.24, 2.45) is 5.73 Å². The molecule has 2 nitrogen and oxygen atoms in total. The van der Waals surface area contributed by atoms with Crippen molar-refractivity contribution in [2.45, 2.75) is 12.5 Å². The van der Waals surface area contributed by atoms with E-state index in [0.717, 1.165) is 4.47 Å². The Morgan fingerprint density at radius 2 is 1.83 bits per heavy atom. The number of hydrogen-bond acceptors (Lipinski definition) is 2. The second-order valence-electron chi connectivity index (χ2n) is 3.91. The summed E-state index contributed by atoms with van der Waals surface area (Å²) < 4.78 is 27.9. The Labute approximate surface area is 112 Å². The van der Waals surface area contributed by atoms with Gasteiger partial charge in [-0.3, -0.25) is 4.98 Å². The van der Waals surface area contributed by atoms with Crippen molar-refractivity contribution in [2.75, 3.05) is 0 Å². The van der Waals surface area contributed by atoms with Crippen molar-refractivity contribution in [3.05, 3.63) is 63.9 Å². The highest BCUT2D eigenvalue weighted by Gasteiger charge is 2.17. The van der Waals surface area contributed by atoms with Gasteiger partial charge in [0.25, 0.3) is 0 Å². The lowest BCUT2D eigenvalue weighted by molar-refractivity contribution is 0.523. The Kier molecular flexibility index (Phi) is 4.04. The quantitative estimate of drug-likeness (QED) is 0.943.